The highest BCUT2D eigenvalue weighted by atomic mass is 19.3. The first-order chi connectivity index (χ1) is 11.1. The Morgan fingerprint density at radius 3 is 2.96 bits per heavy atom. The summed E-state index contributed by atoms with van der Waals surface area (Å²) in [5.41, 5.74) is 4.15. The third-order valence-electron chi connectivity index (χ3n) is 5.47. The van der Waals surface area contributed by atoms with Crippen LogP contribution in [0.15, 0.2) is 12.3 Å². The molecule has 1 amide bonds. The topological polar surface area (TPSA) is 46.1 Å². The van der Waals surface area contributed by atoms with Gasteiger partial charge in [-0.1, -0.05) is 12.5 Å². The number of fused-ring (bicyclic) bond motifs is 1. The van der Waals surface area contributed by atoms with Crippen LogP contribution in [-0.4, -0.2) is 36.5 Å². The molecule has 4 nitrogen and oxygen atoms in total. The van der Waals surface area contributed by atoms with Crippen molar-refractivity contribution in [2.45, 2.75) is 44.1 Å². The lowest BCUT2D eigenvalue weighted by molar-refractivity contribution is 0.0887. The van der Waals surface area contributed by atoms with Gasteiger partial charge in [-0.25, -0.2) is 8.78 Å². The Kier molecular flexibility index (Phi) is 3.52. The monoisotopic (exact) mass is 321 g/mol. The van der Waals surface area contributed by atoms with Crippen molar-refractivity contribution in [2.24, 2.45) is 0 Å². The van der Waals surface area contributed by atoms with Crippen LogP contribution in [-0.2, 0) is 12.0 Å². The van der Waals surface area contributed by atoms with Crippen LogP contribution in [0, 0.1) is 0 Å². The largest absolute Gasteiger partial charge is 0.346 e. The molecule has 23 heavy (non-hydrogen) atoms. The highest BCUT2D eigenvalue weighted by Gasteiger charge is 2.46. The molecule has 2 aliphatic carbocycles. The molecular weight excluding hydrogens is 300 g/mol. The maximum Gasteiger partial charge on any atom is 0.255 e. The molecule has 0 atom stereocenters. The van der Waals surface area contributed by atoms with Crippen LogP contribution in [0.4, 0.5) is 8.78 Å². The van der Waals surface area contributed by atoms with Crippen molar-refractivity contribution >= 4 is 11.5 Å². The van der Waals surface area contributed by atoms with Crippen molar-refractivity contribution in [1.82, 2.24) is 15.2 Å². The van der Waals surface area contributed by atoms with E-state index in [9.17, 15) is 13.6 Å². The van der Waals surface area contributed by atoms with E-state index in [0.29, 0.717) is 5.56 Å². The molecule has 6 heteroatoms. The quantitative estimate of drug-likeness (QED) is 0.897. The van der Waals surface area contributed by atoms with E-state index in [0.717, 1.165) is 50.2 Å². The number of halogens is 2. The van der Waals surface area contributed by atoms with E-state index in [2.05, 4.69) is 21.3 Å². The van der Waals surface area contributed by atoms with Crippen LogP contribution in [0.2, 0.25) is 0 Å². The van der Waals surface area contributed by atoms with Crippen LogP contribution in [0.5, 0.6) is 0 Å². The fraction of sp³-hybridized carbons (Fsp3) is 0.588. The van der Waals surface area contributed by atoms with Gasteiger partial charge in [0.2, 0.25) is 0 Å². The van der Waals surface area contributed by atoms with Crippen LogP contribution >= 0.6 is 0 Å². The fourth-order valence-corrected chi connectivity index (χ4v) is 4.20. The van der Waals surface area contributed by atoms with E-state index >= 15 is 0 Å². The average molecular weight is 321 g/mol. The molecule has 0 unspecified atom stereocenters. The van der Waals surface area contributed by atoms with E-state index < -0.39 is 13.0 Å². The van der Waals surface area contributed by atoms with Crippen molar-refractivity contribution in [3.63, 3.8) is 0 Å². The Morgan fingerprint density at radius 2 is 2.26 bits per heavy atom. The summed E-state index contributed by atoms with van der Waals surface area (Å²) < 4.78 is 27.0. The zero-order valence-corrected chi connectivity index (χ0v) is 13.0. The summed E-state index contributed by atoms with van der Waals surface area (Å²) in [4.78, 5) is 12.5. The van der Waals surface area contributed by atoms with Gasteiger partial charge in [-0.2, -0.15) is 0 Å². The van der Waals surface area contributed by atoms with Gasteiger partial charge in [-0.3, -0.25) is 4.79 Å². The molecule has 1 aromatic heterocycles. The van der Waals surface area contributed by atoms with E-state index in [4.69, 9.17) is 0 Å². The number of aromatic nitrogens is 1. The summed E-state index contributed by atoms with van der Waals surface area (Å²) in [5.74, 6) is -0.360. The number of nitrogens with zero attached hydrogens (tertiary/aromatic N) is 1. The smallest absolute Gasteiger partial charge is 0.255 e. The molecule has 2 heterocycles. The van der Waals surface area contributed by atoms with Crippen molar-refractivity contribution in [1.29, 1.82) is 0 Å². The van der Waals surface area contributed by atoms with Crippen LogP contribution in [0.25, 0.3) is 5.57 Å². The predicted octanol–water partition coefficient (Wildman–Crippen LogP) is 2.29. The number of hydrogen-bond donors (Lipinski definition) is 2. The van der Waals surface area contributed by atoms with Gasteiger partial charge in [0.05, 0.1) is 12.1 Å². The summed E-state index contributed by atoms with van der Waals surface area (Å²) in [6.07, 6.45) is 5.94. The summed E-state index contributed by atoms with van der Waals surface area (Å²) in [7, 11) is 0. The molecule has 2 N–H and O–H groups in total. The van der Waals surface area contributed by atoms with Crippen LogP contribution < -0.4 is 10.6 Å². The molecule has 1 fully saturated rings. The number of carbonyl (C=O) groups excluding carboxylic acids is 1. The van der Waals surface area contributed by atoms with E-state index in [1.165, 1.54) is 12.0 Å². The summed E-state index contributed by atoms with van der Waals surface area (Å²) >= 11 is 0. The van der Waals surface area contributed by atoms with E-state index in [1.54, 1.807) is 0 Å². The van der Waals surface area contributed by atoms with Crippen molar-refractivity contribution in [3.05, 3.63) is 29.1 Å². The van der Waals surface area contributed by atoms with Gasteiger partial charge in [-0.15, -0.1) is 0 Å². The highest BCUT2D eigenvalue weighted by Crippen LogP contribution is 2.53. The van der Waals surface area contributed by atoms with Gasteiger partial charge in [0.25, 0.3) is 12.3 Å². The van der Waals surface area contributed by atoms with Crippen LogP contribution in [0.3, 0.4) is 0 Å². The molecule has 0 radical (unpaired) electrons. The minimum Gasteiger partial charge on any atom is -0.346 e. The van der Waals surface area contributed by atoms with E-state index in [-0.39, 0.29) is 11.3 Å². The first-order valence-corrected chi connectivity index (χ1v) is 8.31. The number of rotatable bonds is 3. The molecule has 4 rings (SSSR count). The van der Waals surface area contributed by atoms with Crippen LogP contribution in [0.1, 0.15) is 47.3 Å². The van der Waals surface area contributed by atoms with Gasteiger partial charge < -0.3 is 15.2 Å². The summed E-state index contributed by atoms with van der Waals surface area (Å²) in [6.45, 7) is 1.88. The lowest BCUT2D eigenvalue weighted by atomic mass is 9.59. The second-order valence-electron chi connectivity index (χ2n) is 6.81. The molecule has 3 aliphatic rings. The van der Waals surface area contributed by atoms with E-state index in [1.807, 2.05) is 6.20 Å². The molecule has 1 aliphatic heterocycles. The third kappa shape index (κ3) is 2.31. The molecule has 124 valence electrons. The standard InChI is InChI=1S/C17H21F2N3O/c18-13(19)9-21-16(23)12-10-22-7-6-20-8-11-2-5-17(3-1-4-17)14(12)15(11)22/h2,10,13,20H,1,3-9H2,(H,21,23). The molecule has 1 saturated carbocycles. The first-order valence-electron chi connectivity index (χ1n) is 8.31. The number of nitrogens with one attached hydrogen (secondary N) is 2. The number of hydrogen-bond acceptors (Lipinski definition) is 2. The van der Waals surface area contributed by atoms with Crippen molar-refractivity contribution in [3.8, 4) is 0 Å². The zero-order valence-electron chi connectivity index (χ0n) is 13.0. The average Bonchev–Trinajstić information content (AvgIpc) is 2.75. The minimum absolute atomic E-state index is 0.0475. The predicted molar refractivity (Wildman–Crippen MR) is 83.8 cm³/mol. The lowest BCUT2D eigenvalue weighted by Gasteiger charge is -2.45. The van der Waals surface area contributed by atoms with Crippen molar-refractivity contribution in [2.75, 3.05) is 19.6 Å². The maximum atomic E-state index is 12.5. The van der Waals surface area contributed by atoms with Crippen molar-refractivity contribution < 1.29 is 13.6 Å². The lowest BCUT2D eigenvalue weighted by Crippen LogP contribution is -2.39. The maximum absolute atomic E-state index is 12.5. The number of amides is 1. The molecule has 0 aromatic carbocycles. The summed E-state index contributed by atoms with van der Waals surface area (Å²) in [5, 5.41) is 5.79. The number of allylic oxidation sites excluding steroid dienone is 1. The Labute approximate surface area is 133 Å². The minimum atomic E-state index is -2.52. The van der Waals surface area contributed by atoms with Gasteiger partial charge in [0.15, 0.2) is 0 Å². The zero-order chi connectivity index (χ0) is 16.0. The molecule has 1 aromatic rings. The Morgan fingerprint density at radius 1 is 1.43 bits per heavy atom. The Bertz CT molecular complexity index is 674. The van der Waals surface area contributed by atoms with Gasteiger partial charge in [0, 0.05) is 36.9 Å². The second kappa shape index (κ2) is 5.44. The highest BCUT2D eigenvalue weighted by molar-refractivity contribution is 5.98. The van der Waals surface area contributed by atoms with Gasteiger partial charge in [0.1, 0.15) is 0 Å². The SMILES string of the molecule is O=C(NCC(F)F)c1cn2c3c1C1(CC=C3CNCC2)CCC1. The third-order valence-corrected chi connectivity index (χ3v) is 5.47. The molecular formula is C17H21F2N3O. The number of alkyl halides is 2. The molecule has 1 spiro atoms. The second-order valence-corrected chi connectivity index (χ2v) is 6.81. The van der Waals surface area contributed by atoms with Gasteiger partial charge >= 0.3 is 0 Å². The van der Waals surface area contributed by atoms with Gasteiger partial charge in [-0.05, 0) is 30.4 Å². The number of carbonyl (C=O) groups is 1. The first kappa shape index (κ1) is 14.9. The fourth-order valence-electron chi connectivity index (χ4n) is 4.20. The normalized spacial score (nSPS) is 21.4. The Hall–Kier alpha value is -1.69. The Balaban J connectivity index is 1.78. The molecule has 0 bridgehead atoms. The molecule has 0 saturated heterocycles. The summed E-state index contributed by atoms with van der Waals surface area (Å²) in [6, 6.07) is 0.